The quantitative estimate of drug-likeness (QED) is 0.431. The smallest absolute Gasteiger partial charge is 0.280 e. The Balaban J connectivity index is 1.59. The normalized spacial score (nSPS) is 11.1. The number of fused-ring (bicyclic) bond motifs is 1. The SMILES string of the molecule is CCOCCCn1c(NC(=O)c2nc(-c3ccccc3)oc2C)nc2ccccc21. The monoisotopic (exact) mass is 404 g/mol. The summed E-state index contributed by atoms with van der Waals surface area (Å²) in [5.41, 5.74) is 2.86. The number of nitrogens with one attached hydrogen (secondary N) is 1. The van der Waals surface area contributed by atoms with Gasteiger partial charge in [0.15, 0.2) is 5.69 Å². The van der Waals surface area contributed by atoms with Gasteiger partial charge in [0.05, 0.1) is 11.0 Å². The number of amides is 1. The fourth-order valence-corrected chi connectivity index (χ4v) is 3.34. The second-order valence-corrected chi connectivity index (χ2v) is 6.87. The molecule has 2 aromatic heterocycles. The van der Waals surface area contributed by atoms with Crippen molar-refractivity contribution >= 4 is 22.9 Å². The number of carbonyl (C=O) groups is 1. The summed E-state index contributed by atoms with van der Waals surface area (Å²) in [5.74, 6) is 1.02. The van der Waals surface area contributed by atoms with Crippen LogP contribution in [0.1, 0.15) is 29.6 Å². The molecule has 0 aliphatic heterocycles. The first-order chi connectivity index (χ1) is 14.7. The van der Waals surface area contributed by atoms with Gasteiger partial charge in [0, 0.05) is 25.3 Å². The number of aryl methyl sites for hydroxylation is 2. The zero-order chi connectivity index (χ0) is 20.9. The number of carbonyl (C=O) groups excluding carboxylic acids is 1. The second kappa shape index (κ2) is 8.92. The van der Waals surface area contributed by atoms with E-state index < -0.39 is 0 Å². The van der Waals surface area contributed by atoms with Crippen molar-refractivity contribution < 1.29 is 13.9 Å². The molecule has 154 valence electrons. The van der Waals surface area contributed by atoms with Crippen molar-refractivity contribution in [3.05, 3.63) is 66.1 Å². The number of rotatable bonds is 8. The van der Waals surface area contributed by atoms with Crippen molar-refractivity contribution in [3.63, 3.8) is 0 Å². The van der Waals surface area contributed by atoms with Crippen LogP contribution in [0.3, 0.4) is 0 Å². The molecule has 2 aromatic carbocycles. The van der Waals surface area contributed by atoms with Gasteiger partial charge in [-0.05, 0) is 44.5 Å². The van der Waals surface area contributed by atoms with Crippen LogP contribution >= 0.6 is 0 Å². The average molecular weight is 404 g/mol. The maximum Gasteiger partial charge on any atom is 0.280 e. The second-order valence-electron chi connectivity index (χ2n) is 6.87. The van der Waals surface area contributed by atoms with Gasteiger partial charge >= 0.3 is 0 Å². The molecule has 2 heterocycles. The molecule has 0 aliphatic rings. The summed E-state index contributed by atoms with van der Waals surface area (Å²) in [6.07, 6.45) is 0.818. The largest absolute Gasteiger partial charge is 0.441 e. The molecule has 0 bridgehead atoms. The van der Waals surface area contributed by atoms with Gasteiger partial charge in [-0.2, -0.15) is 0 Å². The third-order valence-corrected chi connectivity index (χ3v) is 4.79. The number of hydrogen-bond acceptors (Lipinski definition) is 5. The van der Waals surface area contributed by atoms with Crippen LogP contribution in [0.15, 0.2) is 59.0 Å². The Bertz CT molecular complexity index is 1150. The minimum absolute atomic E-state index is 0.252. The maximum atomic E-state index is 13.0. The Morgan fingerprint density at radius 1 is 1.10 bits per heavy atom. The molecule has 0 unspecified atom stereocenters. The minimum Gasteiger partial charge on any atom is -0.441 e. The molecule has 0 saturated heterocycles. The number of imidazole rings is 1. The van der Waals surface area contributed by atoms with Gasteiger partial charge in [0.2, 0.25) is 11.8 Å². The van der Waals surface area contributed by atoms with Gasteiger partial charge in [-0.1, -0.05) is 30.3 Å². The van der Waals surface area contributed by atoms with E-state index in [1.54, 1.807) is 6.92 Å². The molecule has 4 aromatic rings. The molecule has 0 saturated carbocycles. The van der Waals surface area contributed by atoms with Gasteiger partial charge in [0.1, 0.15) is 5.76 Å². The highest BCUT2D eigenvalue weighted by Crippen LogP contribution is 2.24. The summed E-state index contributed by atoms with van der Waals surface area (Å²) in [4.78, 5) is 22.0. The van der Waals surface area contributed by atoms with Crippen LogP contribution in [0.5, 0.6) is 0 Å². The first-order valence-corrected chi connectivity index (χ1v) is 10.0. The van der Waals surface area contributed by atoms with Crippen molar-refractivity contribution in [2.24, 2.45) is 0 Å². The van der Waals surface area contributed by atoms with Crippen molar-refractivity contribution in [2.75, 3.05) is 18.5 Å². The third-order valence-electron chi connectivity index (χ3n) is 4.79. The Kier molecular flexibility index (Phi) is 5.90. The van der Waals surface area contributed by atoms with E-state index in [9.17, 15) is 4.79 Å². The van der Waals surface area contributed by atoms with Crippen LogP contribution in [0.4, 0.5) is 5.95 Å². The Labute approximate surface area is 174 Å². The molecule has 0 atom stereocenters. The fraction of sp³-hybridized carbons (Fsp3) is 0.261. The lowest BCUT2D eigenvalue weighted by atomic mass is 10.2. The molecule has 1 N–H and O–H groups in total. The zero-order valence-corrected chi connectivity index (χ0v) is 17.1. The summed E-state index contributed by atoms with van der Waals surface area (Å²) >= 11 is 0. The Hall–Kier alpha value is -3.45. The van der Waals surface area contributed by atoms with Crippen molar-refractivity contribution in [2.45, 2.75) is 26.8 Å². The number of aromatic nitrogens is 3. The zero-order valence-electron chi connectivity index (χ0n) is 17.1. The van der Waals surface area contributed by atoms with Crippen molar-refractivity contribution in [1.29, 1.82) is 0 Å². The van der Waals surface area contributed by atoms with E-state index in [0.717, 1.165) is 23.0 Å². The number of ether oxygens (including phenoxy) is 1. The molecule has 0 aliphatic carbocycles. The van der Waals surface area contributed by atoms with E-state index in [0.29, 0.717) is 37.4 Å². The number of nitrogens with zero attached hydrogens (tertiary/aromatic N) is 3. The predicted molar refractivity (Wildman–Crippen MR) is 115 cm³/mol. The lowest BCUT2D eigenvalue weighted by molar-refractivity contribution is 0.102. The molecular formula is C23H24N4O3. The molecule has 4 rings (SSSR count). The predicted octanol–water partition coefficient (Wildman–Crippen LogP) is 4.68. The maximum absolute atomic E-state index is 13.0. The first-order valence-electron chi connectivity index (χ1n) is 10.0. The summed E-state index contributed by atoms with van der Waals surface area (Å²) in [6.45, 7) is 5.73. The number of oxazole rings is 1. The summed E-state index contributed by atoms with van der Waals surface area (Å²) < 4.78 is 13.2. The highest BCUT2D eigenvalue weighted by molar-refractivity contribution is 6.03. The van der Waals surface area contributed by atoms with Gasteiger partial charge in [-0.25, -0.2) is 9.97 Å². The van der Waals surface area contributed by atoms with E-state index in [1.807, 2.05) is 66.1 Å². The highest BCUT2D eigenvalue weighted by atomic mass is 16.5. The van der Waals surface area contributed by atoms with Crippen LogP contribution < -0.4 is 5.32 Å². The van der Waals surface area contributed by atoms with E-state index in [1.165, 1.54) is 0 Å². The minimum atomic E-state index is -0.347. The number of benzene rings is 2. The standard InChI is InChI=1S/C23H24N4O3/c1-3-29-15-9-14-27-19-13-8-7-12-18(19)24-23(27)26-21(28)20-16(2)30-22(25-20)17-10-5-4-6-11-17/h4-8,10-13H,3,9,14-15H2,1-2H3,(H,24,26,28). The van der Waals surface area contributed by atoms with Crippen molar-refractivity contribution in [3.8, 4) is 11.5 Å². The lowest BCUT2D eigenvalue weighted by Crippen LogP contribution is -2.17. The average Bonchev–Trinajstić information content (AvgIpc) is 3.32. The van der Waals surface area contributed by atoms with Gasteiger partial charge in [0.25, 0.3) is 5.91 Å². The first kappa shape index (κ1) is 19.8. The topological polar surface area (TPSA) is 82.2 Å². The molecule has 0 spiro atoms. The van der Waals surface area contributed by atoms with Gasteiger partial charge in [-0.15, -0.1) is 0 Å². The van der Waals surface area contributed by atoms with E-state index in [4.69, 9.17) is 9.15 Å². The Morgan fingerprint density at radius 2 is 1.87 bits per heavy atom. The van der Waals surface area contributed by atoms with Crippen LogP contribution in [-0.4, -0.2) is 33.7 Å². The number of hydrogen-bond donors (Lipinski definition) is 1. The van der Waals surface area contributed by atoms with Crippen LogP contribution in [0, 0.1) is 6.92 Å². The van der Waals surface area contributed by atoms with E-state index in [-0.39, 0.29) is 11.6 Å². The molecule has 0 fully saturated rings. The molecule has 7 heteroatoms. The molecular weight excluding hydrogens is 380 g/mol. The van der Waals surface area contributed by atoms with E-state index >= 15 is 0 Å². The third kappa shape index (κ3) is 4.11. The van der Waals surface area contributed by atoms with Crippen LogP contribution in [0.2, 0.25) is 0 Å². The molecule has 30 heavy (non-hydrogen) atoms. The fourth-order valence-electron chi connectivity index (χ4n) is 3.34. The Morgan fingerprint density at radius 3 is 2.67 bits per heavy atom. The summed E-state index contributed by atoms with van der Waals surface area (Å²) in [7, 11) is 0. The van der Waals surface area contributed by atoms with Crippen LogP contribution in [0.25, 0.3) is 22.5 Å². The lowest BCUT2D eigenvalue weighted by Gasteiger charge is -2.09. The van der Waals surface area contributed by atoms with Crippen molar-refractivity contribution in [1.82, 2.24) is 14.5 Å². The van der Waals surface area contributed by atoms with E-state index in [2.05, 4.69) is 15.3 Å². The molecule has 7 nitrogen and oxygen atoms in total. The molecule has 0 radical (unpaired) electrons. The number of anilines is 1. The number of para-hydroxylation sites is 2. The molecule has 1 amide bonds. The van der Waals surface area contributed by atoms with Gasteiger partial charge < -0.3 is 13.7 Å². The highest BCUT2D eigenvalue weighted by Gasteiger charge is 2.21. The summed E-state index contributed by atoms with van der Waals surface area (Å²) in [5, 5.41) is 2.91. The summed E-state index contributed by atoms with van der Waals surface area (Å²) in [6, 6.07) is 17.3. The van der Waals surface area contributed by atoms with Crippen LogP contribution in [-0.2, 0) is 11.3 Å². The van der Waals surface area contributed by atoms with Gasteiger partial charge in [-0.3, -0.25) is 10.1 Å².